The van der Waals surface area contributed by atoms with Gasteiger partial charge in [-0.3, -0.25) is 9.59 Å². The number of amides is 2. The lowest BCUT2D eigenvalue weighted by Gasteiger charge is -2.29. The fourth-order valence-corrected chi connectivity index (χ4v) is 3.96. The van der Waals surface area contributed by atoms with E-state index < -0.39 is 6.04 Å². The molecule has 1 N–H and O–H groups in total. The van der Waals surface area contributed by atoms with E-state index in [0.717, 1.165) is 4.90 Å². The summed E-state index contributed by atoms with van der Waals surface area (Å²) in [7, 11) is 0. The van der Waals surface area contributed by atoms with E-state index >= 15 is 0 Å². The predicted octanol–water partition coefficient (Wildman–Crippen LogP) is 5.28. The number of rotatable bonds is 9. The number of nitrogens with zero attached hydrogens (tertiary/aromatic N) is 1. The van der Waals surface area contributed by atoms with Gasteiger partial charge in [-0.25, -0.2) is 0 Å². The molecule has 4 nitrogen and oxygen atoms in total. The quantitative estimate of drug-likeness (QED) is 0.526. The molecule has 7 heteroatoms. The number of halogens is 2. The summed E-state index contributed by atoms with van der Waals surface area (Å²) in [6.07, 6.45) is 0. The minimum Gasteiger partial charge on any atom is -0.354 e. The Hall–Kier alpha value is -1.69. The lowest BCUT2D eigenvalue weighted by atomic mass is 10.1. The van der Waals surface area contributed by atoms with E-state index in [0.29, 0.717) is 28.1 Å². The number of hydrogen-bond acceptors (Lipinski definition) is 3. The first-order valence-corrected chi connectivity index (χ1v) is 11.2. The van der Waals surface area contributed by atoms with Gasteiger partial charge < -0.3 is 10.2 Å². The maximum Gasteiger partial charge on any atom is 0.242 e. The molecule has 1 atom stereocenters. The average Bonchev–Trinajstić information content (AvgIpc) is 2.70. The molecule has 156 valence electrons. The zero-order valence-electron chi connectivity index (χ0n) is 16.8. The van der Waals surface area contributed by atoms with Crippen LogP contribution in [0.1, 0.15) is 26.3 Å². The highest BCUT2D eigenvalue weighted by atomic mass is 35.5. The number of benzene rings is 2. The molecular formula is C22H26Cl2N2O2S. The van der Waals surface area contributed by atoms with Gasteiger partial charge in [-0.2, -0.15) is 0 Å². The molecule has 2 amide bonds. The second-order valence-corrected chi connectivity index (χ2v) is 9.00. The molecule has 0 unspecified atom stereocenters. The van der Waals surface area contributed by atoms with Gasteiger partial charge in [-0.05, 0) is 37.1 Å². The molecule has 0 fully saturated rings. The first-order chi connectivity index (χ1) is 13.8. The molecular weight excluding hydrogens is 427 g/mol. The van der Waals surface area contributed by atoms with Gasteiger partial charge >= 0.3 is 0 Å². The van der Waals surface area contributed by atoms with Crippen LogP contribution in [-0.4, -0.2) is 35.1 Å². The van der Waals surface area contributed by atoms with Gasteiger partial charge in [0.1, 0.15) is 6.04 Å². The molecule has 0 aliphatic carbocycles. The van der Waals surface area contributed by atoms with Gasteiger partial charge in [0, 0.05) is 33.6 Å². The molecule has 0 spiro atoms. The van der Waals surface area contributed by atoms with Crippen molar-refractivity contribution in [1.82, 2.24) is 10.2 Å². The van der Waals surface area contributed by atoms with Crippen LogP contribution >= 0.6 is 35.0 Å². The Morgan fingerprint density at radius 2 is 1.62 bits per heavy atom. The first-order valence-electron chi connectivity index (χ1n) is 9.47. The van der Waals surface area contributed by atoms with E-state index in [1.54, 1.807) is 30.0 Å². The van der Waals surface area contributed by atoms with Crippen molar-refractivity contribution >= 4 is 46.8 Å². The van der Waals surface area contributed by atoms with Crippen LogP contribution in [0, 0.1) is 5.92 Å². The highest BCUT2D eigenvalue weighted by Crippen LogP contribution is 2.27. The molecule has 0 aliphatic heterocycles. The highest BCUT2D eigenvalue weighted by Gasteiger charge is 2.27. The smallest absolute Gasteiger partial charge is 0.242 e. The van der Waals surface area contributed by atoms with Gasteiger partial charge in [-0.15, -0.1) is 11.8 Å². The molecule has 0 aliphatic rings. The van der Waals surface area contributed by atoms with Gasteiger partial charge in [0.15, 0.2) is 0 Å². The number of carbonyl (C=O) groups excluding carboxylic acids is 2. The normalized spacial score (nSPS) is 11.9. The monoisotopic (exact) mass is 452 g/mol. The van der Waals surface area contributed by atoms with Crippen molar-refractivity contribution in [3.8, 4) is 0 Å². The van der Waals surface area contributed by atoms with E-state index in [1.807, 2.05) is 44.2 Å². The maximum atomic E-state index is 13.1. The summed E-state index contributed by atoms with van der Waals surface area (Å²) in [6, 6.07) is 14.2. The lowest BCUT2D eigenvalue weighted by molar-refractivity contribution is -0.138. The Morgan fingerprint density at radius 1 is 1.00 bits per heavy atom. The predicted molar refractivity (Wildman–Crippen MR) is 121 cm³/mol. The maximum absolute atomic E-state index is 13.1. The molecule has 0 radical (unpaired) electrons. The third kappa shape index (κ3) is 7.25. The third-order valence-electron chi connectivity index (χ3n) is 4.35. The van der Waals surface area contributed by atoms with Gasteiger partial charge in [0.2, 0.25) is 11.8 Å². The number of hydrogen-bond donors (Lipinski definition) is 1. The SMILES string of the molecule is CC(C)CNC(=O)[C@H](C)N(Cc1c(Cl)cccc1Cl)C(=O)CSc1ccccc1. The lowest BCUT2D eigenvalue weighted by Crippen LogP contribution is -2.48. The van der Waals surface area contributed by atoms with Crippen LogP contribution in [-0.2, 0) is 16.1 Å². The van der Waals surface area contributed by atoms with Crippen LogP contribution in [0.5, 0.6) is 0 Å². The summed E-state index contributed by atoms with van der Waals surface area (Å²) >= 11 is 14.1. The fourth-order valence-electron chi connectivity index (χ4n) is 2.63. The van der Waals surface area contributed by atoms with Gasteiger partial charge in [0.05, 0.1) is 5.75 Å². The van der Waals surface area contributed by atoms with Crippen molar-refractivity contribution in [2.45, 2.75) is 38.3 Å². The minimum atomic E-state index is -0.648. The Morgan fingerprint density at radius 3 is 2.21 bits per heavy atom. The van der Waals surface area contributed by atoms with Crippen molar-refractivity contribution in [2.75, 3.05) is 12.3 Å². The van der Waals surface area contributed by atoms with Crippen molar-refractivity contribution in [3.63, 3.8) is 0 Å². The number of carbonyl (C=O) groups is 2. The standard InChI is InChI=1S/C22H26Cl2N2O2S/c1-15(2)12-25-22(28)16(3)26(13-18-19(23)10-7-11-20(18)24)21(27)14-29-17-8-5-4-6-9-17/h4-11,15-16H,12-14H2,1-3H3,(H,25,28)/t16-/m0/s1. The van der Waals surface area contributed by atoms with Crippen LogP contribution in [0.25, 0.3) is 0 Å². The summed E-state index contributed by atoms with van der Waals surface area (Å²) in [6.45, 7) is 6.49. The van der Waals surface area contributed by atoms with E-state index in [4.69, 9.17) is 23.2 Å². The molecule has 0 saturated carbocycles. The van der Waals surface area contributed by atoms with E-state index in [9.17, 15) is 9.59 Å². The number of nitrogens with one attached hydrogen (secondary N) is 1. The Kier molecular flexibility index (Phi) is 9.34. The highest BCUT2D eigenvalue weighted by molar-refractivity contribution is 8.00. The Bertz CT molecular complexity index is 811. The largest absolute Gasteiger partial charge is 0.354 e. The van der Waals surface area contributed by atoms with Crippen LogP contribution < -0.4 is 5.32 Å². The van der Waals surface area contributed by atoms with Gasteiger partial charge in [-0.1, -0.05) is 61.3 Å². The van der Waals surface area contributed by atoms with E-state index in [1.165, 1.54) is 11.8 Å². The van der Waals surface area contributed by atoms with Crippen LogP contribution in [0.3, 0.4) is 0 Å². The summed E-state index contributed by atoms with van der Waals surface area (Å²) in [5.41, 5.74) is 0.636. The topological polar surface area (TPSA) is 49.4 Å². The van der Waals surface area contributed by atoms with Crippen molar-refractivity contribution in [2.24, 2.45) is 5.92 Å². The molecule has 0 saturated heterocycles. The average molecular weight is 453 g/mol. The van der Waals surface area contributed by atoms with Crippen molar-refractivity contribution in [1.29, 1.82) is 0 Å². The Labute approximate surface area is 187 Å². The summed E-state index contributed by atoms with van der Waals surface area (Å²) in [5, 5.41) is 3.85. The van der Waals surface area contributed by atoms with Gasteiger partial charge in [0.25, 0.3) is 0 Å². The summed E-state index contributed by atoms with van der Waals surface area (Å²) < 4.78 is 0. The van der Waals surface area contributed by atoms with Crippen LogP contribution in [0.15, 0.2) is 53.4 Å². The second-order valence-electron chi connectivity index (χ2n) is 7.14. The van der Waals surface area contributed by atoms with Crippen molar-refractivity contribution < 1.29 is 9.59 Å². The second kappa shape index (κ2) is 11.5. The molecule has 29 heavy (non-hydrogen) atoms. The van der Waals surface area contributed by atoms with E-state index in [-0.39, 0.29) is 24.1 Å². The van der Waals surface area contributed by atoms with Crippen molar-refractivity contribution in [3.05, 3.63) is 64.1 Å². The summed E-state index contributed by atoms with van der Waals surface area (Å²) in [4.78, 5) is 28.3. The Balaban J connectivity index is 2.19. The first kappa shape index (κ1) is 23.6. The fraction of sp³-hybridized carbons (Fsp3) is 0.364. The molecule has 2 aromatic rings. The minimum absolute atomic E-state index is 0.151. The summed E-state index contributed by atoms with van der Waals surface area (Å²) in [5.74, 6) is 0.192. The molecule has 2 rings (SSSR count). The van der Waals surface area contributed by atoms with Crippen LogP contribution in [0.2, 0.25) is 10.0 Å². The zero-order valence-corrected chi connectivity index (χ0v) is 19.2. The number of thioether (sulfide) groups is 1. The van der Waals surface area contributed by atoms with Crippen LogP contribution in [0.4, 0.5) is 0 Å². The third-order valence-corrected chi connectivity index (χ3v) is 6.05. The molecule has 0 bridgehead atoms. The zero-order chi connectivity index (χ0) is 21.4. The van der Waals surface area contributed by atoms with E-state index in [2.05, 4.69) is 5.32 Å². The molecule has 0 aromatic heterocycles. The molecule has 0 heterocycles. The molecule has 2 aromatic carbocycles.